The quantitative estimate of drug-likeness (QED) is 0.418. The molecule has 3 nitrogen and oxygen atoms in total. The Morgan fingerprint density at radius 3 is 2.57 bits per heavy atom. The van der Waals surface area contributed by atoms with Gasteiger partial charge < -0.3 is 4.43 Å². The van der Waals surface area contributed by atoms with Gasteiger partial charge >= 0.3 is 0 Å². The van der Waals surface area contributed by atoms with Crippen molar-refractivity contribution in [3.05, 3.63) is 49.9 Å². The van der Waals surface area contributed by atoms with E-state index in [0.717, 1.165) is 11.8 Å². The summed E-state index contributed by atoms with van der Waals surface area (Å²) >= 11 is 13.5. The molecule has 21 heavy (non-hydrogen) atoms. The van der Waals surface area contributed by atoms with E-state index >= 15 is 0 Å². The van der Waals surface area contributed by atoms with Crippen LogP contribution in [0.15, 0.2) is 24.3 Å². The lowest BCUT2D eigenvalue weighted by molar-refractivity contribution is 0.112. The third-order valence-corrected chi connectivity index (χ3v) is 5.08. The molecule has 1 atom stereocenters. The van der Waals surface area contributed by atoms with Crippen LogP contribution in [0, 0.1) is 0 Å². The summed E-state index contributed by atoms with van der Waals surface area (Å²) in [4.78, 5) is 15.9. The minimum Gasteiger partial charge on any atom is -0.405 e. The lowest BCUT2D eigenvalue weighted by Crippen LogP contribution is -2.28. The second kappa shape index (κ2) is 6.58. The number of carbonyl (C=O) groups excluding carboxylic acids is 1. The summed E-state index contributed by atoms with van der Waals surface area (Å²) in [5.74, 6) is 0. The van der Waals surface area contributed by atoms with Gasteiger partial charge in [0.25, 0.3) is 0 Å². The maximum absolute atomic E-state index is 11.0. The normalized spacial score (nSPS) is 13.2. The minimum absolute atomic E-state index is 0.402. The summed E-state index contributed by atoms with van der Waals surface area (Å²) in [5, 5.41) is 0.402. The highest BCUT2D eigenvalue weighted by Gasteiger charge is 2.28. The molecule has 0 saturated carbocycles. The topological polar surface area (TPSA) is 39.2 Å². The van der Waals surface area contributed by atoms with Gasteiger partial charge in [-0.2, -0.15) is 0 Å². The maximum atomic E-state index is 11.0. The molecule has 0 bridgehead atoms. The van der Waals surface area contributed by atoms with Gasteiger partial charge in [-0.15, -0.1) is 11.3 Å². The fraction of sp³-hybridized carbons (Fsp3) is 0.286. The van der Waals surface area contributed by atoms with Crippen LogP contribution in [0.1, 0.15) is 27.0 Å². The second-order valence-electron chi connectivity index (χ2n) is 5.49. The first-order valence-corrected chi connectivity index (χ1v) is 11.3. The standard InChI is InChI=1S/C14H15Cl2NO2SSi/c1-21(2,3)19-13(11-5-4-6-12(15)17-11)10-7-9(8-18)20-14(10)16/h4-8,13H,1-3H3. The average molecular weight is 360 g/mol. The molecule has 0 aliphatic carbocycles. The molecule has 0 saturated heterocycles. The lowest BCUT2D eigenvalue weighted by atomic mass is 10.1. The van der Waals surface area contributed by atoms with Gasteiger partial charge in [0.15, 0.2) is 14.6 Å². The maximum Gasteiger partial charge on any atom is 0.185 e. The molecular weight excluding hydrogens is 345 g/mol. The monoisotopic (exact) mass is 359 g/mol. The Labute approximate surface area is 139 Å². The number of aldehydes is 1. The van der Waals surface area contributed by atoms with E-state index in [1.54, 1.807) is 12.1 Å². The van der Waals surface area contributed by atoms with Gasteiger partial charge in [-0.1, -0.05) is 29.3 Å². The Morgan fingerprint density at radius 2 is 2.05 bits per heavy atom. The van der Waals surface area contributed by atoms with Gasteiger partial charge in [0, 0.05) is 5.56 Å². The number of carbonyl (C=O) groups is 1. The number of aromatic nitrogens is 1. The number of rotatable bonds is 5. The summed E-state index contributed by atoms with van der Waals surface area (Å²) in [6.07, 6.45) is 0.379. The van der Waals surface area contributed by atoms with Crippen LogP contribution in [0.4, 0.5) is 0 Å². The molecule has 2 heterocycles. The molecule has 2 rings (SSSR count). The summed E-state index contributed by atoms with van der Waals surface area (Å²) in [7, 11) is -1.85. The number of thiophene rings is 1. The third kappa shape index (κ3) is 4.37. The van der Waals surface area contributed by atoms with E-state index in [4.69, 9.17) is 27.6 Å². The third-order valence-electron chi connectivity index (χ3n) is 2.61. The molecule has 0 N–H and O–H groups in total. The van der Waals surface area contributed by atoms with Crippen molar-refractivity contribution in [1.82, 2.24) is 4.98 Å². The molecule has 2 aromatic heterocycles. The van der Waals surface area contributed by atoms with E-state index in [0.29, 0.717) is 20.1 Å². The zero-order valence-corrected chi connectivity index (χ0v) is 15.2. The SMILES string of the molecule is C[Si](C)(C)OC(c1cccc(Cl)n1)c1cc(C=O)sc1Cl. The van der Waals surface area contributed by atoms with Crippen LogP contribution < -0.4 is 0 Å². The molecule has 1 unspecified atom stereocenters. The lowest BCUT2D eigenvalue weighted by Gasteiger charge is -2.26. The van der Waals surface area contributed by atoms with Gasteiger partial charge in [0.05, 0.1) is 14.9 Å². The highest BCUT2D eigenvalue weighted by Crippen LogP contribution is 2.37. The molecule has 0 aliphatic heterocycles. The van der Waals surface area contributed by atoms with E-state index in [-0.39, 0.29) is 0 Å². The van der Waals surface area contributed by atoms with Crippen molar-refractivity contribution in [1.29, 1.82) is 0 Å². The summed E-state index contributed by atoms with van der Waals surface area (Å²) in [5.41, 5.74) is 1.46. The fourth-order valence-electron chi connectivity index (χ4n) is 1.85. The second-order valence-corrected chi connectivity index (χ2v) is 12.0. The number of nitrogens with zero attached hydrogens (tertiary/aromatic N) is 1. The van der Waals surface area contributed by atoms with E-state index in [9.17, 15) is 4.79 Å². The van der Waals surface area contributed by atoms with Crippen LogP contribution in [0.5, 0.6) is 0 Å². The van der Waals surface area contributed by atoms with Gasteiger partial charge in [-0.25, -0.2) is 4.98 Å². The van der Waals surface area contributed by atoms with Crippen LogP contribution in [0.25, 0.3) is 0 Å². The first-order valence-electron chi connectivity index (χ1n) is 6.35. The highest BCUT2D eigenvalue weighted by molar-refractivity contribution is 7.17. The minimum atomic E-state index is -1.85. The van der Waals surface area contributed by atoms with Crippen molar-refractivity contribution in [3.8, 4) is 0 Å². The first-order chi connectivity index (χ1) is 9.80. The summed E-state index contributed by atoms with van der Waals surface area (Å²) in [6.45, 7) is 6.27. The van der Waals surface area contributed by atoms with Crippen molar-refractivity contribution in [2.75, 3.05) is 0 Å². The van der Waals surface area contributed by atoms with Gasteiger partial charge in [-0.05, 0) is 37.8 Å². The van der Waals surface area contributed by atoms with Crippen molar-refractivity contribution in [2.45, 2.75) is 25.7 Å². The molecule has 0 fully saturated rings. The smallest absolute Gasteiger partial charge is 0.185 e. The molecule has 0 amide bonds. The molecule has 0 aliphatic rings. The van der Waals surface area contributed by atoms with Gasteiger partial charge in [0.1, 0.15) is 11.3 Å². The van der Waals surface area contributed by atoms with Crippen LogP contribution in [-0.2, 0) is 4.43 Å². The van der Waals surface area contributed by atoms with E-state index < -0.39 is 14.4 Å². The predicted octanol–water partition coefficient (Wildman–Crippen LogP) is 5.20. The Morgan fingerprint density at radius 1 is 1.33 bits per heavy atom. The predicted molar refractivity (Wildman–Crippen MR) is 90.2 cm³/mol. The van der Waals surface area contributed by atoms with Crippen molar-refractivity contribution < 1.29 is 9.22 Å². The largest absolute Gasteiger partial charge is 0.405 e. The van der Waals surface area contributed by atoms with E-state index in [2.05, 4.69) is 24.6 Å². The molecular formula is C14H15Cl2NO2SSi. The van der Waals surface area contributed by atoms with Gasteiger partial charge in [0.2, 0.25) is 0 Å². The Kier molecular flexibility index (Phi) is 5.22. The molecule has 7 heteroatoms. The number of hydrogen-bond acceptors (Lipinski definition) is 4. The Bertz CT molecular complexity index is 655. The highest BCUT2D eigenvalue weighted by atomic mass is 35.5. The van der Waals surface area contributed by atoms with Crippen molar-refractivity contribution >= 4 is 49.1 Å². The van der Waals surface area contributed by atoms with Crippen LogP contribution in [-0.4, -0.2) is 19.6 Å². The van der Waals surface area contributed by atoms with Crippen molar-refractivity contribution in [2.24, 2.45) is 0 Å². The van der Waals surface area contributed by atoms with E-state index in [1.807, 2.05) is 12.1 Å². The van der Waals surface area contributed by atoms with Crippen LogP contribution >= 0.6 is 34.5 Å². The summed E-state index contributed by atoms with van der Waals surface area (Å²) in [6, 6.07) is 7.15. The molecule has 0 spiro atoms. The molecule has 2 aromatic rings. The van der Waals surface area contributed by atoms with Crippen molar-refractivity contribution in [3.63, 3.8) is 0 Å². The Balaban J connectivity index is 2.50. The Hall–Kier alpha value is -0.723. The average Bonchev–Trinajstić information content (AvgIpc) is 2.76. The fourth-order valence-corrected chi connectivity index (χ4v) is 4.12. The molecule has 112 valence electrons. The molecule has 0 aromatic carbocycles. The first kappa shape index (κ1) is 16.6. The number of halogens is 2. The van der Waals surface area contributed by atoms with Crippen LogP contribution in [0.3, 0.4) is 0 Å². The van der Waals surface area contributed by atoms with Gasteiger partial charge in [-0.3, -0.25) is 4.79 Å². The molecule has 0 radical (unpaired) electrons. The zero-order valence-electron chi connectivity index (χ0n) is 11.9. The zero-order chi connectivity index (χ0) is 15.6. The van der Waals surface area contributed by atoms with Crippen LogP contribution in [0.2, 0.25) is 29.1 Å². The number of hydrogen-bond donors (Lipinski definition) is 0. The van der Waals surface area contributed by atoms with E-state index in [1.165, 1.54) is 11.3 Å². The number of pyridine rings is 1. The summed E-state index contributed by atoms with van der Waals surface area (Å²) < 4.78 is 6.77.